The number of nitrogens with one attached hydrogen (secondary N) is 1. The van der Waals surface area contributed by atoms with Crippen LogP contribution in [0.1, 0.15) is 30.4 Å². The molecule has 0 saturated carbocycles. The van der Waals surface area contributed by atoms with Crippen molar-refractivity contribution in [2.75, 3.05) is 12.3 Å². The maximum Gasteiger partial charge on any atom is 0.180 e. The van der Waals surface area contributed by atoms with Crippen LogP contribution >= 0.6 is 12.4 Å². The fraction of sp³-hybridized carbons (Fsp3) is 0.280. The van der Waals surface area contributed by atoms with Gasteiger partial charge in [-0.05, 0) is 60.9 Å². The van der Waals surface area contributed by atoms with Gasteiger partial charge in [-0.15, -0.1) is 12.4 Å². The van der Waals surface area contributed by atoms with Crippen LogP contribution in [0.25, 0.3) is 0 Å². The van der Waals surface area contributed by atoms with E-state index in [0.717, 1.165) is 11.1 Å². The topological polar surface area (TPSA) is 107 Å². The van der Waals surface area contributed by atoms with Gasteiger partial charge in [0.25, 0.3) is 0 Å². The molecule has 4 N–H and O–H groups in total. The maximum absolute atomic E-state index is 12.5. The van der Waals surface area contributed by atoms with Gasteiger partial charge in [-0.1, -0.05) is 42.5 Å². The summed E-state index contributed by atoms with van der Waals surface area (Å²) in [6.07, 6.45) is -0.364. The molecule has 0 spiro atoms. The predicted octanol–water partition coefficient (Wildman–Crippen LogP) is 3.85. The van der Waals surface area contributed by atoms with Crippen LogP contribution in [0.5, 0.6) is 11.5 Å². The van der Waals surface area contributed by atoms with Crippen LogP contribution in [0.4, 0.5) is 0 Å². The normalized spacial score (nSPS) is 13.3. The van der Waals surface area contributed by atoms with Gasteiger partial charge >= 0.3 is 0 Å². The SMILES string of the molecule is C[C@@H](CC(c1ccc(O)cc1)c1ccc(O)cc1)NC[C@H](O)CS(=O)(=O)c1ccccc1.Cl. The first-order valence-corrected chi connectivity index (χ1v) is 12.2. The Labute approximate surface area is 201 Å². The maximum atomic E-state index is 12.5. The van der Waals surface area contributed by atoms with Gasteiger partial charge < -0.3 is 20.6 Å². The number of aliphatic hydroxyl groups excluding tert-OH is 1. The van der Waals surface area contributed by atoms with E-state index in [1.807, 2.05) is 31.2 Å². The van der Waals surface area contributed by atoms with Crippen LogP contribution in [0, 0.1) is 0 Å². The Hall–Kier alpha value is -2.58. The molecular weight excluding hydrogens is 462 g/mol. The number of aliphatic hydroxyl groups is 1. The van der Waals surface area contributed by atoms with Crippen LogP contribution in [-0.4, -0.2) is 48.2 Å². The zero-order chi connectivity index (χ0) is 23.1. The monoisotopic (exact) mass is 491 g/mol. The number of halogens is 1. The molecule has 178 valence electrons. The Morgan fingerprint density at radius 1 is 0.818 bits per heavy atom. The molecule has 3 aromatic rings. The average molecular weight is 492 g/mol. The Morgan fingerprint density at radius 3 is 1.79 bits per heavy atom. The van der Waals surface area contributed by atoms with Crippen molar-refractivity contribution in [3.05, 3.63) is 90.0 Å². The number of phenols is 2. The molecule has 3 aromatic carbocycles. The quantitative estimate of drug-likeness (QED) is 0.343. The molecule has 2 atom stereocenters. The summed E-state index contributed by atoms with van der Waals surface area (Å²) < 4.78 is 24.9. The minimum atomic E-state index is -3.56. The summed E-state index contributed by atoms with van der Waals surface area (Å²) >= 11 is 0. The van der Waals surface area contributed by atoms with E-state index in [1.165, 1.54) is 12.1 Å². The number of sulfone groups is 1. The second-order valence-corrected chi connectivity index (χ2v) is 10.1. The molecule has 0 fully saturated rings. The Morgan fingerprint density at radius 2 is 1.30 bits per heavy atom. The highest BCUT2D eigenvalue weighted by atomic mass is 35.5. The number of aromatic hydroxyl groups is 2. The molecule has 0 aliphatic carbocycles. The first kappa shape index (κ1) is 26.7. The highest BCUT2D eigenvalue weighted by molar-refractivity contribution is 7.91. The van der Waals surface area contributed by atoms with E-state index in [9.17, 15) is 23.7 Å². The van der Waals surface area contributed by atoms with Crippen LogP contribution < -0.4 is 5.32 Å². The van der Waals surface area contributed by atoms with Crippen molar-refractivity contribution in [3.63, 3.8) is 0 Å². The van der Waals surface area contributed by atoms with Gasteiger partial charge in [-0.3, -0.25) is 0 Å². The Kier molecular flexibility index (Phi) is 9.73. The van der Waals surface area contributed by atoms with E-state index in [0.29, 0.717) is 6.42 Å². The first-order chi connectivity index (χ1) is 15.2. The Balaban J connectivity index is 0.00000385. The molecule has 0 heterocycles. The lowest BCUT2D eigenvalue weighted by atomic mass is 9.86. The zero-order valence-electron chi connectivity index (χ0n) is 18.3. The summed E-state index contributed by atoms with van der Waals surface area (Å²) in [6, 6.07) is 22.1. The molecule has 0 aliphatic heterocycles. The van der Waals surface area contributed by atoms with Crippen molar-refractivity contribution in [2.24, 2.45) is 0 Å². The van der Waals surface area contributed by atoms with Crippen molar-refractivity contribution in [2.45, 2.75) is 36.3 Å². The van der Waals surface area contributed by atoms with Crippen molar-refractivity contribution < 1.29 is 23.7 Å². The lowest BCUT2D eigenvalue weighted by Gasteiger charge is -2.24. The lowest BCUT2D eigenvalue weighted by Crippen LogP contribution is -2.38. The summed E-state index contributed by atoms with van der Waals surface area (Å²) in [6.45, 7) is 2.12. The van der Waals surface area contributed by atoms with Crippen LogP contribution in [0.3, 0.4) is 0 Å². The standard InChI is InChI=1S/C25H29NO5S.ClH/c1-18(26-16-23(29)17-32(30,31)24-5-3-2-4-6-24)15-25(19-7-11-21(27)12-8-19)20-9-13-22(28)14-10-20;/h2-14,18,23,25-29H,15-17H2,1H3;1H/t18-,23-;/m0./s1. The summed E-state index contributed by atoms with van der Waals surface area (Å²) in [7, 11) is -3.56. The van der Waals surface area contributed by atoms with Gasteiger partial charge in [0.15, 0.2) is 9.84 Å². The van der Waals surface area contributed by atoms with Crippen LogP contribution in [0.15, 0.2) is 83.8 Å². The van der Waals surface area contributed by atoms with Gasteiger partial charge in [0.1, 0.15) is 11.5 Å². The molecule has 0 aromatic heterocycles. The average Bonchev–Trinajstić information content (AvgIpc) is 2.78. The van der Waals surface area contributed by atoms with Crippen molar-refractivity contribution in [1.82, 2.24) is 5.32 Å². The van der Waals surface area contributed by atoms with Crippen LogP contribution in [-0.2, 0) is 9.84 Å². The first-order valence-electron chi connectivity index (χ1n) is 10.5. The van der Waals surface area contributed by atoms with E-state index in [4.69, 9.17) is 0 Å². The van der Waals surface area contributed by atoms with Crippen molar-refractivity contribution in [3.8, 4) is 11.5 Å². The number of hydrogen-bond donors (Lipinski definition) is 4. The third-order valence-electron chi connectivity index (χ3n) is 5.40. The summed E-state index contributed by atoms with van der Waals surface area (Å²) in [5, 5.41) is 32.8. The summed E-state index contributed by atoms with van der Waals surface area (Å²) in [5.41, 5.74) is 2.02. The molecule has 0 amide bonds. The second kappa shape index (κ2) is 12.0. The molecule has 6 nitrogen and oxygen atoms in total. The van der Waals surface area contributed by atoms with E-state index >= 15 is 0 Å². The molecule has 0 unspecified atom stereocenters. The predicted molar refractivity (Wildman–Crippen MR) is 132 cm³/mol. The van der Waals surface area contributed by atoms with Gasteiger partial charge in [-0.2, -0.15) is 0 Å². The molecular formula is C25H30ClNO5S. The molecule has 0 radical (unpaired) electrons. The number of phenolic OH excluding ortho intramolecular Hbond substituents is 2. The number of benzene rings is 3. The zero-order valence-corrected chi connectivity index (χ0v) is 20.0. The van der Waals surface area contributed by atoms with Crippen molar-refractivity contribution in [1.29, 1.82) is 0 Å². The third-order valence-corrected chi connectivity index (χ3v) is 7.21. The lowest BCUT2D eigenvalue weighted by molar-refractivity contribution is 0.188. The minimum absolute atomic E-state index is 0. The number of rotatable bonds is 10. The van der Waals surface area contributed by atoms with Gasteiger partial charge in [-0.25, -0.2) is 8.42 Å². The molecule has 3 rings (SSSR count). The second-order valence-electron chi connectivity index (χ2n) is 8.03. The van der Waals surface area contributed by atoms with Gasteiger partial charge in [0.2, 0.25) is 0 Å². The van der Waals surface area contributed by atoms with Gasteiger partial charge in [0.05, 0.1) is 16.8 Å². The molecule has 8 heteroatoms. The van der Waals surface area contributed by atoms with Crippen molar-refractivity contribution >= 4 is 22.2 Å². The summed E-state index contributed by atoms with van der Waals surface area (Å²) in [4.78, 5) is 0.201. The van der Waals surface area contributed by atoms with E-state index < -0.39 is 15.9 Å². The minimum Gasteiger partial charge on any atom is -0.508 e. The highest BCUT2D eigenvalue weighted by Crippen LogP contribution is 2.31. The molecule has 33 heavy (non-hydrogen) atoms. The third kappa shape index (κ3) is 7.75. The Bertz CT molecular complexity index is 1040. The van der Waals surface area contributed by atoms with E-state index in [-0.39, 0.29) is 53.1 Å². The van der Waals surface area contributed by atoms with Crippen LogP contribution in [0.2, 0.25) is 0 Å². The fourth-order valence-corrected chi connectivity index (χ4v) is 5.08. The highest BCUT2D eigenvalue weighted by Gasteiger charge is 2.22. The summed E-state index contributed by atoms with van der Waals surface area (Å²) in [5.74, 6) is 0.0129. The largest absolute Gasteiger partial charge is 0.508 e. The number of hydrogen-bond acceptors (Lipinski definition) is 6. The molecule has 0 saturated heterocycles. The van der Waals surface area contributed by atoms with Gasteiger partial charge in [0, 0.05) is 18.5 Å². The molecule has 0 bridgehead atoms. The van der Waals surface area contributed by atoms with E-state index in [1.54, 1.807) is 42.5 Å². The smallest absolute Gasteiger partial charge is 0.180 e. The molecule has 0 aliphatic rings. The fourth-order valence-electron chi connectivity index (χ4n) is 3.69. The van der Waals surface area contributed by atoms with E-state index in [2.05, 4.69) is 5.32 Å².